The van der Waals surface area contributed by atoms with Crippen molar-refractivity contribution in [3.63, 3.8) is 0 Å². The van der Waals surface area contributed by atoms with Crippen molar-refractivity contribution >= 4 is 21.4 Å². The van der Waals surface area contributed by atoms with E-state index in [1.54, 1.807) is 11.2 Å². The summed E-state index contributed by atoms with van der Waals surface area (Å²) in [6, 6.07) is 0. The normalized spacial score (nSPS) is 19.2. The smallest absolute Gasteiger partial charge is 0.254 e. The molecule has 1 saturated heterocycles. The van der Waals surface area contributed by atoms with Crippen LogP contribution in [0.1, 0.15) is 17.1 Å². The maximum absolute atomic E-state index is 12.4. The SMILES string of the molecule is Cc1nc(C)c(S(=O)(=O)N2CCCNCC2)s1. The molecule has 0 saturated carbocycles. The third-order valence-electron chi connectivity index (χ3n) is 2.73. The van der Waals surface area contributed by atoms with Gasteiger partial charge in [-0.25, -0.2) is 13.4 Å². The molecule has 1 aromatic heterocycles. The quantitative estimate of drug-likeness (QED) is 0.865. The summed E-state index contributed by atoms with van der Waals surface area (Å²) in [5.41, 5.74) is 0.615. The van der Waals surface area contributed by atoms with Crippen LogP contribution >= 0.6 is 11.3 Å². The van der Waals surface area contributed by atoms with Gasteiger partial charge in [0.2, 0.25) is 0 Å². The summed E-state index contributed by atoms with van der Waals surface area (Å²) >= 11 is 1.26. The number of nitrogens with zero attached hydrogens (tertiary/aromatic N) is 2. The number of hydrogen-bond acceptors (Lipinski definition) is 5. The Bertz CT molecular complexity index is 488. The summed E-state index contributed by atoms with van der Waals surface area (Å²) in [6.45, 7) is 6.32. The molecule has 1 aliphatic rings. The molecular weight excluding hydrogens is 258 g/mol. The molecule has 0 unspecified atom stereocenters. The second kappa shape index (κ2) is 5.01. The van der Waals surface area contributed by atoms with Gasteiger partial charge >= 0.3 is 0 Å². The minimum absolute atomic E-state index is 0.400. The topological polar surface area (TPSA) is 62.3 Å². The van der Waals surface area contributed by atoms with Crippen molar-refractivity contribution in [1.82, 2.24) is 14.6 Å². The van der Waals surface area contributed by atoms with Gasteiger partial charge in [-0.15, -0.1) is 11.3 Å². The van der Waals surface area contributed by atoms with Gasteiger partial charge < -0.3 is 5.32 Å². The van der Waals surface area contributed by atoms with Crippen LogP contribution in [0.4, 0.5) is 0 Å². The van der Waals surface area contributed by atoms with E-state index in [0.29, 0.717) is 23.0 Å². The van der Waals surface area contributed by atoms with E-state index in [2.05, 4.69) is 10.3 Å². The molecule has 0 atom stereocenters. The van der Waals surface area contributed by atoms with Crippen molar-refractivity contribution in [2.24, 2.45) is 0 Å². The molecule has 5 nitrogen and oxygen atoms in total. The van der Waals surface area contributed by atoms with E-state index in [1.807, 2.05) is 6.92 Å². The minimum Gasteiger partial charge on any atom is -0.315 e. The van der Waals surface area contributed by atoms with Gasteiger partial charge in [0.15, 0.2) is 4.21 Å². The molecule has 1 aromatic rings. The fourth-order valence-electron chi connectivity index (χ4n) is 1.93. The van der Waals surface area contributed by atoms with Crippen molar-refractivity contribution < 1.29 is 8.42 Å². The summed E-state index contributed by atoms with van der Waals surface area (Å²) in [7, 11) is -3.35. The molecule has 0 radical (unpaired) electrons. The largest absolute Gasteiger partial charge is 0.315 e. The zero-order valence-electron chi connectivity index (χ0n) is 10.1. The Kier molecular flexibility index (Phi) is 3.82. The van der Waals surface area contributed by atoms with Crippen LogP contribution in [0.2, 0.25) is 0 Å². The second-order valence-corrected chi connectivity index (χ2v) is 7.45. The van der Waals surface area contributed by atoms with Gasteiger partial charge in [-0.2, -0.15) is 4.31 Å². The van der Waals surface area contributed by atoms with Gasteiger partial charge in [0.05, 0.1) is 10.7 Å². The lowest BCUT2D eigenvalue weighted by molar-refractivity contribution is 0.433. The summed E-state index contributed by atoms with van der Waals surface area (Å²) in [5, 5.41) is 4.00. The van der Waals surface area contributed by atoms with E-state index in [1.165, 1.54) is 11.3 Å². The van der Waals surface area contributed by atoms with E-state index in [0.717, 1.165) is 24.5 Å². The monoisotopic (exact) mass is 275 g/mol. The van der Waals surface area contributed by atoms with Gasteiger partial charge in [0, 0.05) is 19.6 Å². The standard InChI is InChI=1S/C10H17N3O2S2/c1-8-10(16-9(2)12-8)17(14,15)13-6-3-4-11-5-7-13/h11H,3-7H2,1-2H3. The molecule has 1 N–H and O–H groups in total. The number of sulfonamides is 1. The van der Waals surface area contributed by atoms with Crippen molar-refractivity contribution in [2.75, 3.05) is 26.2 Å². The average molecular weight is 275 g/mol. The Hall–Kier alpha value is -0.500. The number of thiazole rings is 1. The van der Waals surface area contributed by atoms with Crippen molar-refractivity contribution in [1.29, 1.82) is 0 Å². The maximum atomic E-state index is 12.4. The van der Waals surface area contributed by atoms with Crippen LogP contribution in [0, 0.1) is 13.8 Å². The van der Waals surface area contributed by atoms with Crippen molar-refractivity contribution in [2.45, 2.75) is 24.5 Å². The molecule has 1 aliphatic heterocycles. The molecule has 0 aromatic carbocycles. The third kappa shape index (κ3) is 2.67. The lowest BCUT2D eigenvalue weighted by atomic mass is 10.4. The van der Waals surface area contributed by atoms with Gasteiger partial charge in [-0.3, -0.25) is 0 Å². The van der Waals surface area contributed by atoms with E-state index in [9.17, 15) is 8.42 Å². The van der Waals surface area contributed by atoms with Crippen LogP contribution in [-0.2, 0) is 10.0 Å². The predicted molar refractivity (Wildman–Crippen MR) is 67.8 cm³/mol. The first kappa shape index (κ1) is 12.9. The Balaban J connectivity index is 2.31. The highest BCUT2D eigenvalue weighted by Crippen LogP contribution is 2.26. The van der Waals surface area contributed by atoms with Crippen molar-refractivity contribution in [3.05, 3.63) is 10.7 Å². The number of nitrogens with one attached hydrogen (secondary N) is 1. The fraction of sp³-hybridized carbons (Fsp3) is 0.700. The zero-order chi connectivity index (χ0) is 12.5. The van der Waals surface area contributed by atoms with E-state index in [-0.39, 0.29) is 0 Å². The van der Waals surface area contributed by atoms with Crippen LogP contribution in [0.25, 0.3) is 0 Å². The molecule has 2 rings (SSSR count). The van der Waals surface area contributed by atoms with Gasteiger partial charge in [-0.1, -0.05) is 0 Å². The molecule has 0 bridgehead atoms. The molecule has 1 fully saturated rings. The van der Waals surface area contributed by atoms with E-state index < -0.39 is 10.0 Å². The molecule has 96 valence electrons. The highest BCUT2D eigenvalue weighted by molar-refractivity contribution is 7.91. The lowest BCUT2D eigenvalue weighted by Crippen LogP contribution is -2.34. The number of aryl methyl sites for hydroxylation is 2. The van der Waals surface area contributed by atoms with Crippen molar-refractivity contribution in [3.8, 4) is 0 Å². The molecule has 2 heterocycles. The first-order chi connectivity index (χ1) is 8.01. The molecular formula is C10H17N3O2S2. The molecule has 0 amide bonds. The van der Waals surface area contributed by atoms with Crippen LogP contribution in [0.15, 0.2) is 4.21 Å². The fourth-order valence-corrected chi connectivity index (χ4v) is 5.03. The Morgan fingerprint density at radius 2 is 2.06 bits per heavy atom. The van der Waals surface area contributed by atoms with Gasteiger partial charge in [0.1, 0.15) is 0 Å². The Morgan fingerprint density at radius 1 is 1.29 bits per heavy atom. The molecule has 0 aliphatic carbocycles. The van der Waals surface area contributed by atoms with E-state index in [4.69, 9.17) is 0 Å². The average Bonchev–Trinajstić information content (AvgIpc) is 2.52. The second-order valence-electron chi connectivity index (χ2n) is 4.11. The van der Waals surface area contributed by atoms with Crippen LogP contribution in [-0.4, -0.2) is 43.9 Å². The highest BCUT2D eigenvalue weighted by Gasteiger charge is 2.28. The minimum atomic E-state index is -3.35. The number of rotatable bonds is 2. The number of hydrogen-bond donors (Lipinski definition) is 1. The number of aromatic nitrogens is 1. The van der Waals surface area contributed by atoms with Crippen LogP contribution in [0.5, 0.6) is 0 Å². The summed E-state index contributed by atoms with van der Waals surface area (Å²) in [5.74, 6) is 0. The molecule has 7 heteroatoms. The lowest BCUT2D eigenvalue weighted by Gasteiger charge is -2.18. The highest BCUT2D eigenvalue weighted by atomic mass is 32.2. The third-order valence-corrected chi connectivity index (χ3v) is 6.29. The summed E-state index contributed by atoms with van der Waals surface area (Å²) in [6.07, 6.45) is 0.857. The van der Waals surface area contributed by atoms with Gasteiger partial charge in [-0.05, 0) is 26.8 Å². The van der Waals surface area contributed by atoms with Gasteiger partial charge in [0.25, 0.3) is 10.0 Å². The van der Waals surface area contributed by atoms with Crippen LogP contribution < -0.4 is 5.32 Å². The first-order valence-electron chi connectivity index (χ1n) is 5.67. The molecule has 0 spiro atoms. The van der Waals surface area contributed by atoms with E-state index >= 15 is 0 Å². The predicted octanol–water partition coefficient (Wildman–Crippen LogP) is 0.744. The summed E-state index contributed by atoms with van der Waals surface area (Å²) in [4.78, 5) is 4.19. The molecule has 17 heavy (non-hydrogen) atoms. The Morgan fingerprint density at radius 3 is 2.71 bits per heavy atom. The Labute approximate surface area is 106 Å². The first-order valence-corrected chi connectivity index (χ1v) is 7.92. The zero-order valence-corrected chi connectivity index (χ0v) is 11.7. The van der Waals surface area contributed by atoms with Crippen LogP contribution in [0.3, 0.4) is 0 Å². The summed E-state index contributed by atoms with van der Waals surface area (Å²) < 4.78 is 26.8. The maximum Gasteiger partial charge on any atom is 0.254 e.